The minimum absolute atomic E-state index is 0. The van der Waals surface area contributed by atoms with Crippen molar-refractivity contribution in [3.63, 3.8) is 0 Å². The molecule has 1 aromatic rings. The van der Waals surface area contributed by atoms with Crippen LogP contribution in [-0.4, -0.2) is 12.4 Å². The van der Waals surface area contributed by atoms with Crippen LogP contribution in [-0.2, 0) is 0 Å². The van der Waals surface area contributed by atoms with Gasteiger partial charge in [0.25, 0.3) is 0 Å². The lowest BCUT2D eigenvalue weighted by Crippen LogP contribution is -2.27. The number of amidine groups is 1. The molecule has 0 fully saturated rings. The van der Waals surface area contributed by atoms with Crippen LogP contribution < -0.4 is 10.9 Å². The Kier molecular flexibility index (Phi) is 4.91. The van der Waals surface area contributed by atoms with Gasteiger partial charge in [0.15, 0.2) is 0 Å². The van der Waals surface area contributed by atoms with Crippen molar-refractivity contribution in [2.75, 3.05) is 12.0 Å². The SMILES string of the molecule is Brc1cccc(NNC2=NCCC2)c1.Cl. The van der Waals surface area contributed by atoms with Gasteiger partial charge in [-0.3, -0.25) is 15.8 Å². The number of halogens is 2. The molecule has 0 bridgehead atoms. The number of anilines is 1. The molecule has 0 saturated heterocycles. The number of nitrogens with zero attached hydrogens (tertiary/aromatic N) is 1. The van der Waals surface area contributed by atoms with Crippen LogP contribution in [0.2, 0.25) is 0 Å². The van der Waals surface area contributed by atoms with Crippen LogP contribution >= 0.6 is 28.3 Å². The Morgan fingerprint density at radius 1 is 1.27 bits per heavy atom. The summed E-state index contributed by atoms with van der Waals surface area (Å²) in [5.41, 5.74) is 7.26. The summed E-state index contributed by atoms with van der Waals surface area (Å²) in [6.45, 7) is 0.947. The predicted molar refractivity (Wildman–Crippen MR) is 69.7 cm³/mol. The topological polar surface area (TPSA) is 36.4 Å². The number of benzene rings is 1. The van der Waals surface area contributed by atoms with Crippen molar-refractivity contribution >= 4 is 39.9 Å². The highest BCUT2D eigenvalue weighted by Crippen LogP contribution is 2.14. The maximum Gasteiger partial charge on any atom is 0.115 e. The molecule has 2 N–H and O–H groups in total. The molecule has 0 aromatic heterocycles. The molecule has 82 valence electrons. The second-order valence-corrected chi connectivity index (χ2v) is 4.11. The first-order valence-corrected chi connectivity index (χ1v) is 5.45. The van der Waals surface area contributed by atoms with Gasteiger partial charge in [0.2, 0.25) is 0 Å². The fourth-order valence-corrected chi connectivity index (χ4v) is 1.75. The average molecular weight is 291 g/mol. The Labute approximate surface area is 104 Å². The van der Waals surface area contributed by atoms with Gasteiger partial charge in [0.05, 0.1) is 5.69 Å². The molecule has 1 heterocycles. The zero-order valence-electron chi connectivity index (χ0n) is 8.16. The van der Waals surface area contributed by atoms with Crippen LogP contribution in [0.3, 0.4) is 0 Å². The monoisotopic (exact) mass is 289 g/mol. The summed E-state index contributed by atoms with van der Waals surface area (Å²) in [7, 11) is 0. The van der Waals surface area contributed by atoms with E-state index in [2.05, 4.69) is 31.8 Å². The number of hydrogen-bond acceptors (Lipinski definition) is 3. The molecule has 0 unspecified atom stereocenters. The first-order valence-electron chi connectivity index (χ1n) is 4.65. The molecule has 1 aliphatic rings. The second-order valence-electron chi connectivity index (χ2n) is 3.19. The highest BCUT2D eigenvalue weighted by atomic mass is 79.9. The zero-order chi connectivity index (χ0) is 9.80. The third-order valence-electron chi connectivity index (χ3n) is 2.05. The standard InChI is InChI=1S/C10H12BrN3.ClH/c11-8-3-1-4-9(7-8)13-14-10-5-2-6-12-10;/h1,3-4,7,13H,2,5-6H2,(H,12,14);1H. The normalized spacial score (nSPS) is 14.1. The lowest BCUT2D eigenvalue weighted by molar-refractivity contribution is 0.944. The summed E-state index contributed by atoms with van der Waals surface area (Å²) in [4.78, 5) is 4.30. The van der Waals surface area contributed by atoms with E-state index >= 15 is 0 Å². The summed E-state index contributed by atoms with van der Waals surface area (Å²) in [5.74, 6) is 1.05. The molecule has 0 radical (unpaired) electrons. The van der Waals surface area contributed by atoms with Crippen molar-refractivity contribution < 1.29 is 0 Å². The largest absolute Gasteiger partial charge is 0.300 e. The maximum absolute atomic E-state index is 4.30. The second kappa shape index (κ2) is 5.98. The van der Waals surface area contributed by atoms with E-state index in [1.165, 1.54) is 0 Å². The fraction of sp³-hybridized carbons (Fsp3) is 0.300. The van der Waals surface area contributed by atoms with E-state index in [4.69, 9.17) is 0 Å². The van der Waals surface area contributed by atoms with Crippen LogP contribution in [0.15, 0.2) is 33.7 Å². The Balaban J connectivity index is 0.00000112. The number of hydrazine groups is 1. The molecule has 1 aromatic carbocycles. The van der Waals surface area contributed by atoms with Crippen LogP contribution in [0.4, 0.5) is 5.69 Å². The van der Waals surface area contributed by atoms with Crippen LogP contribution in [0.25, 0.3) is 0 Å². The van der Waals surface area contributed by atoms with Crippen molar-refractivity contribution in [3.8, 4) is 0 Å². The Hall–Kier alpha value is -0.740. The third-order valence-corrected chi connectivity index (χ3v) is 2.54. The summed E-state index contributed by atoms with van der Waals surface area (Å²) in [5, 5.41) is 0. The first kappa shape index (κ1) is 12.3. The van der Waals surface area contributed by atoms with Crippen LogP contribution in [0, 0.1) is 0 Å². The van der Waals surface area contributed by atoms with E-state index in [1.807, 2.05) is 24.3 Å². The van der Waals surface area contributed by atoms with Crippen LogP contribution in [0.1, 0.15) is 12.8 Å². The molecule has 5 heteroatoms. The minimum Gasteiger partial charge on any atom is -0.300 e. The van der Waals surface area contributed by atoms with Gasteiger partial charge in [0.1, 0.15) is 5.84 Å². The predicted octanol–water partition coefficient (Wildman–Crippen LogP) is 2.98. The molecule has 0 aliphatic carbocycles. The van der Waals surface area contributed by atoms with Crippen molar-refractivity contribution in [1.82, 2.24) is 5.43 Å². The van der Waals surface area contributed by atoms with Gasteiger partial charge in [0, 0.05) is 17.4 Å². The summed E-state index contributed by atoms with van der Waals surface area (Å²) >= 11 is 3.42. The summed E-state index contributed by atoms with van der Waals surface area (Å²) in [6, 6.07) is 8.01. The number of nitrogens with one attached hydrogen (secondary N) is 2. The van der Waals surface area contributed by atoms with Gasteiger partial charge in [-0.15, -0.1) is 12.4 Å². The molecular formula is C10H13BrClN3. The van der Waals surface area contributed by atoms with E-state index in [0.29, 0.717) is 0 Å². The number of rotatable bonds is 2. The van der Waals surface area contributed by atoms with Crippen molar-refractivity contribution in [2.24, 2.45) is 4.99 Å². The van der Waals surface area contributed by atoms with Gasteiger partial charge >= 0.3 is 0 Å². The van der Waals surface area contributed by atoms with Crippen LogP contribution in [0.5, 0.6) is 0 Å². The van der Waals surface area contributed by atoms with Gasteiger partial charge in [-0.05, 0) is 24.6 Å². The highest BCUT2D eigenvalue weighted by molar-refractivity contribution is 9.10. The van der Waals surface area contributed by atoms with Gasteiger partial charge in [-0.1, -0.05) is 22.0 Å². The van der Waals surface area contributed by atoms with Crippen molar-refractivity contribution in [2.45, 2.75) is 12.8 Å². The smallest absolute Gasteiger partial charge is 0.115 e. The zero-order valence-corrected chi connectivity index (χ0v) is 10.6. The molecule has 2 rings (SSSR count). The molecule has 3 nitrogen and oxygen atoms in total. The van der Waals surface area contributed by atoms with E-state index in [0.717, 1.165) is 35.4 Å². The molecule has 0 spiro atoms. The molecule has 0 amide bonds. The molecule has 0 saturated carbocycles. The summed E-state index contributed by atoms with van der Waals surface area (Å²) < 4.78 is 1.07. The van der Waals surface area contributed by atoms with E-state index in [1.54, 1.807) is 0 Å². The van der Waals surface area contributed by atoms with Gasteiger partial charge in [-0.25, -0.2) is 0 Å². The first-order chi connectivity index (χ1) is 6.84. The summed E-state index contributed by atoms with van der Waals surface area (Å²) in [6.07, 6.45) is 2.20. The Morgan fingerprint density at radius 2 is 2.13 bits per heavy atom. The average Bonchev–Trinajstić information content (AvgIpc) is 2.67. The highest BCUT2D eigenvalue weighted by Gasteiger charge is 2.04. The van der Waals surface area contributed by atoms with Gasteiger partial charge < -0.3 is 0 Å². The Morgan fingerprint density at radius 3 is 2.80 bits per heavy atom. The maximum atomic E-state index is 4.30. The molecule has 15 heavy (non-hydrogen) atoms. The lowest BCUT2D eigenvalue weighted by atomic mass is 10.3. The molecule has 0 atom stereocenters. The van der Waals surface area contributed by atoms with E-state index < -0.39 is 0 Å². The minimum atomic E-state index is 0. The fourth-order valence-electron chi connectivity index (χ4n) is 1.35. The molecular weight excluding hydrogens is 277 g/mol. The quantitative estimate of drug-likeness (QED) is 0.822. The van der Waals surface area contributed by atoms with E-state index in [9.17, 15) is 0 Å². The van der Waals surface area contributed by atoms with Crippen molar-refractivity contribution in [3.05, 3.63) is 28.7 Å². The number of aliphatic imine (C=N–C) groups is 1. The Bertz CT molecular complexity index is 354. The van der Waals surface area contributed by atoms with Gasteiger partial charge in [-0.2, -0.15) is 0 Å². The lowest BCUT2D eigenvalue weighted by Gasteiger charge is -2.08. The van der Waals surface area contributed by atoms with E-state index in [-0.39, 0.29) is 12.4 Å². The van der Waals surface area contributed by atoms with Crippen molar-refractivity contribution in [1.29, 1.82) is 0 Å². The third kappa shape index (κ3) is 3.72. The molecule has 1 aliphatic heterocycles. The number of hydrogen-bond donors (Lipinski definition) is 2.